The molecule has 104 valence electrons. The van der Waals surface area contributed by atoms with Crippen molar-refractivity contribution in [2.45, 2.75) is 6.42 Å². The lowest BCUT2D eigenvalue weighted by Crippen LogP contribution is -2.03. The Morgan fingerprint density at radius 1 is 1.14 bits per heavy atom. The molecule has 0 amide bonds. The second kappa shape index (κ2) is 6.02. The Hall–Kier alpha value is -2.93. The average Bonchev–Trinajstić information content (AvgIpc) is 2.96. The van der Waals surface area contributed by atoms with Crippen LogP contribution in [0.15, 0.2) is 60.3 Å². The number of fused-ring (bicyclic) bond motifs is 1. The van der Waals surface area contributed by atoms with Crippen LogP contribution in [-0.4, -0.2) is 6.79 Å². The van der Waals surface area contributed by atoms with Gasteiger partial charge in [-0.25, -0.2) is 0 Å². The van der Waals surface area contributed by atoms with Crippen molar-refractivity contribution in [1.29, 1.82) is 5.26 Å². The van der Waals surface area contributed by atoms with Gasteiger partial charge in [0.1, 0.15) is 0 Å². The number of ether oxygens (including phenoxy) is 2. The Morgan fingerprint density at radius 2 is 1.95 bits per heavy atom. The molecule has 1 aliphatic rings. The summed E-state index contributed by atoms with van der Waals surface area (Å²) < 4.78 is 10.7. The topological polar surface area (TPSA) is 54.3 Å². The minimum absolute atomic E-state index is 0.266. The second-order valence-electron chi connectivity index (χ2n) is 4.65. The Morgan fingerprint density at radius 3 is 2.76 bits per heavy atom. The number of hydrogen-bond acceptors (Lipinski definition) is 4. The first kappa shape index (κ1) is 13.1. The van der Waals surface area contributed by atoms with Crippen LogP contribution < -0.4 is 14.8 Å². The van der Waals surface area contributed by atoms with E-state index in [9.17, 15) is 0 Å². The van der Waals surface area contributed by atoms with Gasteiger partial charge in [0.05, 0.1) is 6.07 Å². The molecule has 2 aromatic carbocycles. The highest BCUT2D eigenvalue weighted by molar-refractivity contribution is 5.51. The minimum atomic E-state index is 0.266. The molecule has 0 bridgehead atoms. The van der Waals surface area contributed by atoms with Crippen LogP contribution in [0, 0.1) is 11.3 Å². The first-order valence-electron chi connectivity index (χ1n) is 6.64. The largest absolute Gasteiger partial charge is 0.454 e. The van der Waals surface area contributed by atoms with E-state index in [-0.39, 0.29) is 6.79 Å². The maximum absolute atomic E-state index is 8.94. The molecule has 21 heavy (non-hydrogen) atoms. The van der Waals surface area contributed by atoms with Gasteiger partial charge in [0.15, 0.2) is 11.5 Å². The van der Waals surface area contributed by atoms with E-state index in [4.69, 9.17) is 14.7 Å². The van der Waals surface area contributed by atoms with Crippen molar-refractivity contribution in [3.63, 3.8) is 0 Å². The summed E-state index contributed by atoms with van der Waals surface area (Å²) in [5, 5.41) is 12.2. The molecule has 4 heteroatoms. The molecule has 0 aromatic heterocycles. The molecule has 3 rings (SSSR count). The number of rotatable bonds is 4. The standard InChI is InChI=1S/C17H14N2O2/c18-9-8-15(19-14-4-2-1-3-5-14)10-13-6-7-16-17(11-13)21-12-20-16/h1-8,11,19H,10,12H2. The Balaban J connectivity index is 1.77. The van der Waals surface area contributed by atoms with Crippen LogP contribution >= 0.6 is 0 Å². The minimum Gasteiger partial charge on any atom is -0.454 e. The van der Waals surface area contributed by atoms with E-state index < -0.39 is 0 Å². The molecule has 0 atom stereocenters. The first-order valence-corrected chi connectivity index (χ1v) is 6.64. The number of allylic oxidation sites excluding steroid dienone is 2. The summed E-state index contributed by atoms with van der Waals surface area (Å²) in [4.78, 5) is 0. The third-order valence-electron chi connectivity index (χ3n) is 3.15. The molecule has 0 spiro atoms. The molecular formula is C17H14N2O2. The average molecular weight is 278 g/mol. The maximum atomic E-state index is 8.94. The van der Waals surface area contributed by atoms with Crippen molar-refractivity contribution in [2.24, 2.45) is 0 Å². The van der Waals surface area contributed by atoms with Gasteiger partial charge in [0, 0.05) is 23.9 Å². The quantitative estimate of drug-likeness (QED) is 0.870. The fraction of sp³-hybridized carbons (Fsp3) is 0.118. The van der Waals surface area contributed by atoms with Gasteiger partial charge in [0.2, 0.25) is 6.79 Å². The van der Waals surface area contributed by atoms with Crippen LogP contribution in [0.1, 0.15) is 5.56 Å². The van der Waals surface area contributed by atoms with E-state index >= 15 is 0 Å². The van der Waals surface area contributed by atoms with Crippen LogP contribution in [0.3, 0.4) is 0 Å². The van der Waals surface area contributed by atoms with Gasteiger partial charge < -0.3 is 14.8 Å². The zero-order chi connectivity index (χ0) is 14.5. The van der Waals surface area contributed by atoms with Gasteiger partial charge in [-0.1, -0.05) is 24.3 Å². The Bertz CT molecular complexity index is 702. The molecule has 0 aliphatic carbocycles. The van der Waals surface area contributed by atoms with Crippen molar-refractivity contribution in [1.82, 2.24) is 0 Å². The van der Waals surface area contributed by atoms with E-state index in [1.807, 2.05) is 48.5 Å². The highest BCUT2D eigenvalue weighted by Gasteiger charge is 2.13. The second-order valence-corrected chi connectivity index (χ2v) is 4.65. The zero-order valence-corrected chi connectivity index (χ0v) is 11.4. The summed E-state index contributed by atoms with van der Waals surface area (Å²) in [6.45, 7) is 0.266. The smallest absolute Gasteiger partial charge is 0.231 e. The fourth-order valence-electron chi connectivity index (χ4n) is 2.19. The lowest BCUT2D eigenvalue weighted by atomic mass is 10.1. The number of para-hydroxylation sites is 1. The molecule has 0 saturated heterocycles. The number of anilines is 1. The van der Waals surface area contributed by atoms with Crippen molar-refractivity contribution >= 4 is 5.69 Å². The van der Waals surface area contributed by atoms with Gasteiger partial charge in [-0.3, -0.25) is 0 Å². The van der Waals surface area contributed by atoms with E-state index in [2.05, 4.69) is 11.4 Å². The third-order valence-corrected chi connectivity index (χ3v) is 3.15. The van der Waals surface area contributed by atoms with Crippen molar-refractivity contribution in [3.8, 4) is 17.6 Å². The normalized spacial score (nSPS) is 12.8. The van der Waals surface area contributed by atoms with Crippen LogP contribution in [0.5, 0.6) is 11.5 Å². The fourth-order valence-corrected chi connectivity index (χ4v) is 2.19. The number of benzene rings is 2. The molecule has 2 aromatic rings. The molecular weight excluding hydrogens is 264 g/mol. The summed E-state index contributed by atoms with van der Waals surface area (Å²) >= 11 is 0. The molecule has 0 unspecified atom stereocenters. The van der Waals surface area contributed by atoms with Crippen LogP contribution in [0.2, 0.25) is 0 Å². The summed E-state index contributed by atoms with van der Waals surface area (Å²) in [5.74, 6) is 1.52. The molecule has 4 nitrogen and oxygen atoms in total. The first-order chi connectivity index (χ1) is 10.3. The van der Waals surface area contributed by atoms with Gasteiger partial charge in [0.25, 0.3) is 0 Å². The Labute approximate surface area is 123 Å². The van der Waals surface area contributed by atoms with Crippen LogP contribution in [-0.2, 0) is 6.42 Å². The van der Waals surface area contributed by atoms with E-state index in [0.717, 1.165) is 28.4 Å². The SMILES string of the molecule is N#CC=C(Cc1ccc2c(c1)OCO2)Nc1ccccc1. The zero-order valence-electron chi connectivity index (χ0n) is 11.4. The molecule has 1 aliphatic heterocycles. The lowest BCUT2D eigenvalue weighted by molar-refractivity contribution is 0.174. The van der Waals surface area contributed by atoms with Gasteiger partial charge in [-0.05, 0) is 29.8 Å². The van der Waals surface area contributed by atoms with E-state index in [1.165, 1.54) is 6.08 Å². The van der Waals surface area contributed by atoms with E-state index in [0.29, 0.717) is 6.42 Å². The summed E-state index contributed by atoms with van der Waals surface area (Å²) in [6, 6.07) is 17.7. The van der Waals surface area contributed by atoms with Gasteiger partial charge in [-0.2, -0.15) is 5.26 Å². The van der Waals surface area contributed by atoms with Gasteiger partial charge in [-0.15, -0.1) is 0 Å². The highest BCUT2D eigenvalue weighted by Crippen LogP contribution is 2.33. The van der Waals surface area contributed by atoms with Crippen molar-refractivity contribution in [2.75, 3.05) is 12.1 Å². The van der Waals surface area contributed by atoms with Crippen molar-refractivity contribution in [3.05, 3.63) is 65.9 Å². The van der Waals surface area contributed by atoms with Gasteiger partial charge >= 0.3 is 0 Å². The molecule has 1 heterocycles. The third kappa shape index (κ3) is 3.15. The van der Waals surface area contributed by atoms with E-state index in [1.54, 1.807) is 0 Å². The van der Waals surface area contributed by atoms with Crippen LogP contribution in [0.4, 0.5) is 5.69 Å². The number of nitrogens with one attached hydrogen (secondary N) is 1. The number of hydrogen-bond donors (Lipinski definition) is 1. The monoisotopic (exact) mass is 278 g/mol. The molecule has 0 saturated carbocycles. The highest BCUT2D eigenvalue weighted by atomic mass is 16.7. The maximum Gasteiger partial charge on any atom is 0.231 e. The molecule has 1 N–H and O–H groups in total. The Kier molecular flexibility index (Phi) is 3.74. The lowest BCUT2D eigenvalue weighted by Gasteiger charge is -2.10. The number of nitriles is 1. The van der Waals surface area contributed by atoms with Crippen molar-refractivity contribution < 1.29 is 9.47 Å². The summed E-state index contributed by atoms with van der Waals surface area (Å²) in [5.41, 5.74) is 2.85. The summed E-state index contributed by atoms with van der Waals surface area (Å²) in [6.07, 6.45) is 2.15. The predicted molar refractivity (Wildman–Crippen MR) is 80.0 cm³/mol. The van der Waals surface area contributed by atoms with Crippen LogP contribution in [0.25, 0.3) is 0 Å². The number of nitrogens with zero attached hydrogens (tertiary/aromatic N) is 1. The predicted octanol–water partition coefficient (Wildman–Crippen LogP) is 3.48. The molecule has 0 radical (unpaired) electrons. The summed E-state index contributed by atoms with van der Waals surface area (Å²) in [7, 11) is 0. The molecule has 0 fully saturated rings.